The molecule has 1 saturated carbocycles. The Bertz CT molecular complexity index is 586. The lowest BCUT2D eigenvalue weighted by Gasteiger charge is -2.28. The van der Waals surface area contributed by atoms with Crippen LogP contribution in [0.25, 0.3) is 0 Å². The van der Waals surface area contributed by atoms with Crippen molar-refractivity contribution in [2.75, 3.05) is 53.1 Å². The Morgan fingerprint density at radius 2 is 2.03 bits per heavy atom. The van der Waals surface area contributed by atoms with Gasteiger partial charge in [0, 0.05) is 31.7 Å². The molecule has 1 aromatic carbocycles. The molecule has 1 saturated heterocycles. The minimum atomic E-state index is -0.537. The number of para-hydroxylation sites is 1. The first-order valence-electron chi connectivity index (χ1n) is 11.2. The summed E-state index contributed by atoms with van der Waals surface area (Å²) >= 11 is 0. The third-order valence-corrected chi connectivity index (χ3v) is 6.03. The number of hydrogen-bond donors (Lipinski definition) is 2. The van der Waals surface area contributed by atoms with Crippen LogP contribution in [0.1, 0.15) is 44.1 Å². The fraction of sp³-hybridized carbons (Fsp3) is 0.739. The van der Waals surface area contributed by atoms with Crippen molar-refractivity contribution < 1.29 is 19.3 Å². The van der Waals surface area contributed by atoms with Crippen LogP contribution < -0.4 is 14.8 Å². The van der Waals surface area contributed by atoms with Gasteiger partial charge in [-0.2, -0.15) is 0 Å². The Kier molecular flexibility index (Phi) is 9.54. The zero-order valence-corrected chi connectivity index (χ0v) is 17.9. The third kappa shape index (κ3) is 7.45. The van der Waals surface area contributed by atoms with E-state index in [-0.39, 0.29) is 6.61 Å². The molecule has 2 aliphatic rings. The van der Waals surface area contributed by atoms with E-state index in [0.29, 0.717) is 12.3 Å². The highest BCUT2D eigenvalue weighted by Gasteiger charge is 2.18. The molecule has 6 heteroatoms. The molecule has 1 aliphatic carbocycles. The zero-order valence-electron chi connectivity index (χ0n) is 17.9. The summed E-state index contributed by atoms with van der Waals surface area (Å²) in [7, 11) is 1.66. The van der Waals surface area contributed by atoms with Gasteiger partial charge in [0.1, 0.15) is 12.7 Å². The number of morpholine rings is 1. The molecule has 0 spiro atoms. The van der Waals surface area contributed by atoms with Gasteiger partial charge >= 0.3 is 0 Å². The number of rotatable bonds is 12. The topological polar surface area (TPSA) is 63.2 Å². The van der Waals surface area contributed by atoms with E-state index >= 15 is 0 Å². The molecule has 1 aliphatic heterocycles. The van der Waals surface area contributed by atoms with Crippen molar-refractivity contribution in [2.45, 2.75) is 51.2 Å². The minimum absolute atomic E-state index is 0.256. The molecule has 29 heavy (non-hydrogen) atoms. The van der Waals surface area contributed by atoms with Crippen LogP contribution in [0.15, 0.2) is 18.2 Å². The first kappa shape index (κ1) is 22.3. The maximum Gasteiger partial charge on any atom is 0.165 e. The Hall–Kier alpha value is -1.34. The number of methoxy groups -OCH3 is 1. The van der Waals surface area contributed by atoms with E-state index in [1.54, 1.807) is 7.11 Å². The maximum atomic E-state index is 10.4. The van der Waals surface area contributed by atoms with Gasteiger partial charge in [0.2, 0.25) is 0 Å². The summed E-state index contributed by atoms with van der Waals surface area (Å²) in [5.41, 5.74) is 1.07. The highest BCUT2D eigenvalue weighted by Crippen LogP contribution is 2.31. The summed E-state index contributed by atoms with van der Waals surface area (Å²) in [6, 6.07) is 5.97. The molecule has 0 aromatic heterocycles. The standard InChI is InChI=1S/C23H38N2O4/c1-27-22-10-4-9-20(16-24-11-5-8-19-6-2-3-7-19)23(22)29-18-21(26)17-25-12-14-28-15-13-25/h4,9-10,19,21,24,26H,2-3,5-8,11-18H2,1H3. The van der Waals surface area contributed by atoms with Crippen molar-refractivity contribution in [3.8, 4) is 11.5 Å². The van der Waals surface area contributed by atoms with Gasteiger partial charge in [0.25, 0.3) is 0 Å². The molecular formula is C23H38N2O4. The predicted molar refractivity (Wildman–Crippen MR) is 115 cm³/mol. The summed E-state index contributed by atoms with van der Waals surface area (Å²) in [4.78, 5) is 2.21. The second-order valence-electron chi connectivity index (χ2n) is 8.30. The molecule has 6 nitrogen and oxygen atoms in total. The lowest BCUT2D eigenvalue weighted by atomic mass is 10.0. The zero-order chi connectivity index (χ0) is 20.3. The van der Waals surface area contributed by atoms with Gasteiger partial charge < -0.3 is 24.6 Å². The molecule has 1 heterocycles. The SMILES string of the molecule is COc1cccc(CNCCCC2CCCC2)c1OCC(O)CN1CCOCC1. The number of aliphatic hydroxyl groups is 1. The number of nitrogens with one attached hydrogen (secondary N) is 1. The van der Waals surface area contributed by atoms with Crippen LogP contribution in [-0.4, -0.2) is 69.2 Å². The van der Waals surface area contributed by atoms with Gasteiger partial charge in [-0.3, -0.25) is 4.90 Å². The van der Waals surface area contributed by atoms with Crippen molar-refractivity contribution in [2.24, 2.45) is 5.92 Å². The smallest absolute Gasteiger partial charge is 0.165 e. The summed E-state index contributed by atoms with van der Waals surface area (Å²) in [6.07, 6.45) is 7.69. The largest absolute Gasteiger partial charge is 0.493 e. The monoisotopic (exact) mass is 406 g/mol. The molecule has 0 radical (unpaired) electrons. The first-order valence-corrected chi connectivity index (χ1v) is 11.2. The highest BCUT2D eigenvalue weighted by atomic mass is 16.5. The maximum absolute atomic E-state index is 10.4. The average molecular weight is 407 g/mol. The quantitative estimate of drug-likeness (QED) is 0.521. The van der Waals surface area contributed by atoms with E-state index in [9.17, 15) is 5.11 Å². The molecule has 3 rings (SSSR count). The van der Waals surface area contributed by atoms with E-state index < -0.39 is 6.10 Å². The van der Waals surface area contributed by atoms with Crippen LogP contribution in [0.5, 0.6) is 11.5 Å². The van der Waals surface area contributed by atoms with Gasteiger partial charge in [-0.25, -0.2) is 0 Å². The van der Waals surface area contributed by atoms with Gasteiger partial charge in [0.05, 0.1) is 20.3 Å². The lowest BCUT2D eigenvalue weighted by Crippen LogP contribution is -2.42. The molecule has 164 valence electrons. The second-order valence-corrected chi connectivity index (χ2v) is 8.30. The Balaban J connectivity index is 1.44. The summed E-state index contributed by atoms with van der Waals surface area (Å²) in [5.74, 6) is 2.40. The molecule has 2 fully saturated rings. The van der Waals surface area contributed by atoms with E-state index in [1.807, 2.05) is 12.1 Å². The van der Waals surface area contributed by atoms with E-state index in [4.69, 9.17) is 14.2 Å². The van der Waals surface area contributed by atoms with Crippen molar-refractivity contribution in [1.82, 2.24) is 10.2 Å². The molecule has 1 unspecified atom stereocenters. The molecular weight excluding hydrogens is 368 g/mol. The Morgan fingerprint density at radius 3 is 2.79 bits per heavy atom. The van der Waals surface area contributed by atoms with Crippen molar-refractivity contribution >= 4 is 0 Å². The van der Waals surface area contributed by atoms with Crippen molar-refractivity contribution in [1.29, 1.82) is 0 Å². The third-order valence-electron chi connectivity index (χ3n) is 6.03. The number of nitrogens with zero attached hydrogens (tertiary/aromatic N) is 1. The van der Waals surface area contributed by atoms with Gasteiger partial charge in [0.15, 0.2) is 11.5 Å². The van der Waals surface area contributed by atoms with Crippen LogP contribution in [0.3, 0.4) is 0 Å². The normalized spacial score (nSPS) is 19.4. The van der Waals surface area contributed by atoms with Crippen LogP contribution in [0.4, 0.5) is 0 Å². The van der Waals surface area contributed by atoms with Crippen LogP contribution in [0, 0.1) is 5.92 Å². The fourth-order valence-corrected chi connectivity index (χ4v) is 4.38. The van der Waals surface area contributed by atoms with Crippen LogP contribution in [0.2, 0.25) is 0 Å². The highest BCUT2D eigenvalue weighted by molar-refractivity contribution is 5.46. The number of β-amino-alcohol motifs (C(OH)–C–C–N with tert-alkyl or cyclic N) is 1. The average Bonchev–Trinajstić information content (AvgIpc) is 3.26. The molecule has 0 bridgehead atoms. The lowest BCUT2D eigenvalue weighted by molar-refractivity contribution is 0.00436. The Morgan fingerprint density at radius 1 is 1.24 bits per heavy atom. The first-order chi connectivity index (χ1) is 14.3. The molecule has 1 aromatic rings. The van der Waals surface area contributed by atoms with Gasteiger partial charge in [-0.15, -0.1) is 0 Å². The van der Waals surface area contributed by atoms with Crippen molar-refractivity contribution in [3.63, 3.8) is 0 Å². The molecule has 2 N–H and O–H groups in total. The molecule has 1 atom stereocenters. The second kappa shape index (κ2) is 12.4. The number of hydrogen-bond acceptors (Lipinski definition) is 6. The van der Waals surface area contributed by atoms with E-state index in [1.165, 1.54) is 38.5 Å². The molecule has 0 amide bonds. The predicted octanol–water partition coefficient (Wildman–Crippen LogP) is 2.83. The Labute approximate surface area is 175 Å². The van der Waals surface area contributed by atoms with E-state index in [2.05, 4.69) is 16.3 Å². The van der Waals surface area contributed by atoms with Crippen LogP contribution >= 0.6 is 0 Å². The summed E-state index contributed by atoms with van der Waals surface area (Å²) in [5, 5.41) is 14.0. The van der Waals surface area contributed by atoms with Gasteiger partial charge in [-0.1, -0.05) is 37.8 Å². The fourth-order valence-electron chi connectivity index (χ4n) is 4.38. The van der Waals surface area contributed by atoms with Crippen molar-refractivity contribution in [3.05, 3.63) is 23.8 Å². The van der Waals surface area contributed by atoms with Gasteiger partial charge in [-0.05, 0) is 31.4 Å². The van der Waals surface area contributed by atoms with Crippen LogP contribution in [-0.2, 0) is 11.3 Å². The minimum Gasteiger partial charge on any atom is -0.493 e. The van der Waals surface area contributed by atoms with E-state index in [0.717, 1.165) is 56.6 Å². The summed E-state index contributed by atoms with van der Waals surface area (Å²) < 4.78 is 16.9. The number of benzene rings is 1. The number of aliphatic hydroxyl groups excluding tert-OH is 1. The summed E-state index contributed by atoms with van der Waals surface area (Å²) in [6.45, 7) is 5.82. The number of ether oxygens (including phenoxy) is 3.